The van der Waals surface area contributed by atoms with Crippen LogP contribution < -0.4 is 0 Å². The maximum absolute atomic E-state index is 9.90. The summed E-state index contributed by atoms with van der Waals surface area (Å²) in [6, 6.07) is 0. The van der Waals surface area contributed by atoms with Gasteiger partial charge in [-0.1, -0.05) is 26.7 Å². The van der Waals surface area contributed by atoms with E-state index in [2.05, 4.69) is 20.8 Å². The normalized spacial score (nSPS) is 29.8. The molecule has 0 radical (unpaired) electrons. The van der Waals surface area contributed by atoms with Crippen molar-refractivity contribution in [1.82, 2.24) is 0 Å². The van der Waals surface area contributed by atoms with Crippen molar-refractivity contribution in [2.75, 3.05) is 6.61 Å². The van der Waals surface area contributed by atoms with Gasteiger partial charge in [-0.25, -0.2) is 0 Å². The third kappa shape index (κ3) is 3.97. The molecule has 14 heavy (non-hydrogen) atoms. The summed E-state index contributed by atoms with van der Waals surface area (Å²) in [5.41, 5.74) is 0. The predicted octanol–water partition coefficient (Wildman–Crippen LogP) is 2.60. The van der Waals surface area contributed by atoms with Crippen LogP contribution in [0.3, 0.4) is 0 Å². The van der Waals surface area contributed by atoms with Crippen molar-refractivity contribution in [1.29, 1.82) is 0 Å². The van der Waals surface area contributed by atoms with Gasteiger partial charge in [0.1, 0.15) is 0 Å². The first-order valence-electron chi connectivity index (χ1n) is 5.89. The molecule has 1 fully saturated rings. The maximum atomic E-state index is 9.90. The summed E-state index contributed by atoms with van der Waals surface area (Å²) in [5, 5.41) is 9.90. The molecule has 1 saturated heterocycles. The molecule has 3 atom stereocenters. The molecule has 1 aliphatic heterocycles. The second-order valence-corrected chi connectivity index (χ2v) is 5.03. The molecule has 0 spiro atoms. The Morgan fingerprint density at radius 1 is 1.36 bits per heavy atom. The molecule has 0 aromatic rings. The van der Waals surface area contributed by atoms with Crippen LogP contribution in [0.25, 0.3) is 0 Å². The van der Waals surface area contributed by atoms with Crippen molar-refractivity contribution in [2.45, 2.75) is 58.7 Å². The zero-order valence-electron chi connectivity index (χ0n) is 9.70. The highest BCUT2D eigenvalue weighted by Gasteiger charge is 2.27. The minimum atomic E-state index is -0.140. The quantitative estimate of drug-likeness (QED) is 0.739. The van der Waals surface area contributed by atoms with Crippen LogP contribution in [0.1, 0.15) is 46.5 Å². The molecule has 0 saturated carbocycles. The van der Waals surface area contributed by atoms with Gasteiger partial charge in [0.15, 0.2) is 0 Å². The molecule has 0 aromatic carbocycles. The maximum Gasteiger partial charge on any atom is 0.0591 e. The van der Waals surface area contributed by atoms with Crippen molar-refractivity contribution < 1.29 is 9.84 Å². The minimum Gasteiger partial charge on any atom is -0.393 e. The van der Waals surface area contributed by atoms with Crippen molar-refractivity contribution in [3.8, 4) is 0 Å². The third-order valence-electron chi connectivity index (χ3n) is 3.06. The molecular weight excluding hydrogens is 176 g/mol. The van der Waals surface area contributed by atoms with Crippen LogP contribution in [0.2, 0.25) is 0 Å². The van der Waals surface area contributed by atoms with E-state index in [9.17, 15) is 5.11 Å². The van der Waals surface area contributed by atoms with E-state index in [1.54, 1.807) is 0 Å². The van der Waals surface area contributed by atoms with Gasteiger partial charge in [0.05, 0.1) is 18.8 Å². The van der Waals surface area contributed by atoms with Gasteiger partial charge in [0, 0.05) is 5.92 Å². The Morgan fingerprint density at radius 3 is 2.57 bits per heavy atom. The molecule has 0 aliphatic carbocycles. The van der Waals surface area contributed by atoms with Crippen molar-refractivity contribution >= 4 is 0 Å². The number of hydrogen-bond donors (Lipinski definition) is 1. The summed E-state index contributed by atoms with van der Waals surface area (Å²) in [6.07, 6.45) is 4.55. The van der Waals surface area contributed by atoms with E-state index in [4.69, 9.17) is 4.74 Å². The monoisotopic (exact) mass is 200 g/mol. The summed E-state index contributed by atoms with van der Waals surface area (Å²) >= 11 is 0. The smallest absolute Gasteiger partial charge is 0.0591 e. The SMILES string of the molecule is CC(C)CCCC(O)C1COC(C)C1. The molecule has 0 amide bonds. The molecular formula is C12H24O2. The first kappa shape index (κ1) is 12.0. The Kier molecular flexibility index (Phi) is 4.90. The lowest BCUT2D eigenvalue weighted by Crippen LogP contribution is -2.20. The van der Waals surface area contributed by atoms with E-state index in [0.29, 0.717) is 12.0 Å². The van der Waals surface area contributed by atoms with Crippen LogP contribution in [0, 0.1) is 11.8 Å². The molecule has 1 N–H and O–H groups in total. The van der Waals surface area contributed by atoms with Gasteiger partial charge in [-0.05, 0) is 25.7 Å². The van der Waals surface area contributed by atoms with Gasteiger partial charge in [-0.3, -0.25) is 0 Å². The van der Waals surface area contributed by atoms with E-state index in [-0.39, 0.29) is 6.10 Å². The lowest BCUT2D eigenvalue weighted by Gasteiger charge is -2.16. The zero-order chi connectivity index (χ0) is 10.6. The van der Waals surface area contributed by atoms with Crippen molar-refractivity contribution in [3.05, 3.63) is 0 Å². The molecule has 2 heteroatoms. The molecule has 0 aromatic heterocycles. The predicted molar refractivity (Wildman–Crippen MR) is 58.2 cm³/mol. The number of aliphatic hydroxyl groups excluding tert-OH is 1. The van der Waals surface area contributed by atoms with E-state index in [0.717, 1.165) is 31.8 Å². The Labute approximate surface area is 87.7 Å². The average molecular weight is 200 g/mol. The van der Waals surface area contributed by atoms with Gasteiger partial charge >= 0.3 is 0 Å². The van der Waals surface area contributed by atoms with E-state index in [1.165, 1.54) is 6.42 Å². The topological polar surface area (TPSA) is 29.5 Å². The Morgan fingerprint density at radius 2 is 2.07 bits per heavy atom. The van der Waals surface area contributed by atoms with Crippen molar-refractivity contribution in [3.63, 3.8) is 0 Å². The highest BCUT2D eigenvalue weighted by Crippen LogP contribution is 2.25. The third-order valence-corrected chi connectivity index (χ3v) is 3.06. The number of hydrogen-bond acceptors (Lipinski definition) is 2. The molecule has 1 aliphatic rings. The van der Waals surface area contributed by atoms with Crippen LogP contribution in [0.15, 0.2) is 0 Å². The Hall–Kier alpha value is -0.0800. The summed E-state index contributed by atoms with van der Waals surface area (Å²) in [5.74, 6) is 1.14. The fourth-order valence-electron chi connectivity index (χ4n) is 2.09. The second-order valence-electron chi connectivity index (χ2n) is 5.03. The molecule has 0 bridgehead atoms. The minimum absolute atomic E-state index is 0.140. The van der Waals surface area contributed by atoms with Gasteiger partial charge < -0.3 is 9.84 Å². The Bertz CT molecular complexity index is 156. The van der Waals surface area contributed by atoms with Crippen LogP contribution in [-0.4, -0.2) is 23.9 Å². The molecule has 84 valence electrons. The highest BCUT2D eigenvalue weighted by atomic mass is 16.5. The highest BCUT2D eigenvalue weighted by molar-refractivity contribution is 4.76. The van der Waals surface area contributed by atoms with E-state index >= 15 is 0 Å². The molecule has 3 unspecified atom stereocenters. The standard InChI is InChI=1S/C12H24O2/c1-9(2)5-4-6-12(13)11-7-10(3)14-8-11/h9-13H,4-8H2,1-3H3. The van der Waals surface area contributed by atoms with Crippen LogP contribution in [-0.2, 0) is 4.74 Å². The summed E-state index contributed by atoms with van der Waals surface area (Å²) in [4.78, 5) is 0. The van der Waals surface area contributed by atoms with Gasteiger partial charge in [-0.15, -0.1) is 0 Å². The molecule has 2 nitrogen and oxygen atoms in total. The number of aliphatic hydroxyl groups is 1. The lowest BCUT2D eigenvalue weighted by atomic mass is 9.94. The van der Waals surface area contributed by atoms with Crippen LogP contribution in [0.5, 0.6) is 0 Å². The summed E-state index contributed by atoms with van der Waals surface area (Å²) in [6.45, 7) is 7.30. The fraction of sp³-hybridized carbons (Fsp3) is 1.00. The lowest BCUT2D eigenvalue weighted by molar-refractivity contribution is 0.0735. The largest absolute Gasteiger partial charge is 0.393 e. The van der Waals surface area contributed by atoms with Gasteiger partial charge in [-0.2, -0.15) is 0 Å². The first-order valence-corrected chi connectivity index (χ1v) is 5.89. The second kappa shape index (κ2) is 5.72. The van der Waals surface area contributed by atoms with Crippen LogP contribution >= 0.6 is 0 Å². The van der Waals surface area contributed by atoms with Gasteiger partial charge in [0.25, 0.3) is 0 Å². The number of ether oxygens (including phenoxy) is 1. The summed E-state index contributed by atoms with van der Waals surface area (Å²) in [7, 11) is 0. The Balaban J connectivity index is 2.12. The summed E-state index contributed by atoms with van der Waals surface area (Å²) < 4.78 is 5.45. The van der Waals surface area contributed by atoms with Crippen molar-refractivity contribution in [2.24, 2.45) is 11.8 Å². The first-order chi connectivity index (χ1) is 6.59. The molecule has 1 rings (SSSR count). The van der Waals surface area contributed by atoms with Crippen LogP contribution in [0.4, 0.5) is 0 Å². The fourth-order valence-corrected chi connectivity index (χ4v) is 2.09. The van der Waals surface area contributed by atoms with E-state index in [1.807, 2.05) is 0 Å². The zero-order valence-corrected chi connectivity index (χ0v) is 9.70. The molecule has 1 heterocycles. The van der Waals surface area contributed by atoms with Gasteiger partial charge in [0.2, 0.25) is 0 Å². The number of rotatable bonds is 5. The average Bonchev–Trinajstić information content (AvgIpc) is 2.51. The van der Waals surface area contributed by atoms with E-state index < -0.39 is 0 Å².